The van der Waals surface area contributed by atoms with Crippen molar-refractivity contribution in [3.8, 4) is 0 Å². The van der Waals surface area contributed by atoms with Gasteiger partial charge in [0, 0.05) is 12.2 Å². The van der Waals surface area contributed by atoms with Crippen LogP contribution in [0.25, 0.3) is 0 Å². The van der Waals surface area contributed by atoms with Gasteiger partial charge in [0.15, 0.2) is 0 Å². The summed E-state index contributed by atoms with van der Waals surface area (Å²) in [5, 5.41) is 9.61. The van der Waals surface area contributed by atoms with E-state index in [1.165, 1.54) is 6.33 Å². The average molecular weight is 285 g/mol. The van der Waals surface area contributed by atoms with Gasteiger partial charge in [-0.25, -0.2) is 4.98 Å². The van der Waals surface area contributed by atoms with Gasteiger partial charge in [-0.15, -0.1) is 0 Å². The summed E-state index contributed by atoms with van der Waals surface area (Å²) in [6.45, 7) is 2.82. The minimum atomic E-state index is -0.168. The molecule has 2 atom stereocenters. The molecule has 6 heteroatoms. The Morgan fingerprint density at radius 2 is 2.24 bits per heavy atom. The van der Waals surface area contributed by atoms with Crippen LogP contribution in [-0.4, -0.2) is 33.7 Å². The Labute approximate surface area is 123 Å². The van der Waals surface area contributed by atoms with E-state index in [0.29, 0.717) is 5.82 Å². The molecule has 1 saturated heterocycles. The van der Waals surface area contributed by atoms with Crippen molar-refractivity contribution in [3.05, 3.63) is 42.5 Å². The predicted molar refractivity (Wildman–Crippen MR) is 79.8 cm³/mol. The zero-order chi connectivity index (χ0) is 14.7. The van der Waals surface area contributed by atoms with E-state index in [0.717, 1.165) is 25.1 Å². The van der Waals surface area contributed by atoms with Crippen LogP contribution in [0.2, 0.25) is 0 Å². The molecular formula is C15H19N5O. The van der Waals surface area contributed by atoms with Crippen molar-refractivity contribution in [2.45, 2.75) is 31.8 Å². The van der Waals surface area contributed by atoms with Crippen LogP contribution in [0, 0.1) is 0 Å². The van der Waals surface area contributed by atoms with Gasteiger partial charge in [0.1, 0.15) is 18.2 Å². The number of aromatic amines is 1. The van der Waals surface area contributed by atoms with Crippen LogP contribution >= 0.6 is 0 Å². The van der Waals surface area contributed by atoms with Gasteiger partial charge in [0.2, 0.25) is 5.91 Å². The highest BCUT2D eigenvalue weighted by Gasteiger charge is 2.31. The normalized spacial score (nSPS) is 19.5. The first kappa shape index (κ1) is 13.6. The molecule has 1 aromatic heterocycles. The van der Waals surface area contributed by atoms with Crippen LogP contribution in [0.15, 0.2) is 36.7 Å². The number of carbonyl (C=O) groups excluding carboxylic acids is 1. The molecule has 3 rings (SSSR count). The van der Waals surface area contributed by atoms with Gasteiger partial charge in [-0.05, 0) is 31.9 Å². The molecule has 2 heterocycles. The Morgan fingerprint density at radius 3 is 2.95 bits per heavy atom. The lowest BCUT2D eigenvalue weighted by Gasteiger charge is -2.26. The van der Waals surface area contributed by atoms with E-state index in [4.69, 9.17) is 0 Å². The van der Waals surface area contributed by atoms with E-state index < -0.39 is 0 Å². The van der Waals surface area contributed by atoms with Crippen LogP contribution in [0.3, 0.4) is 0 Å². The van der Waals surface area contributed by atoms with E-state index in [-0.39, 0.29) is 18.0 Å². The van der Waals surface area contributed by atoms with Crippen molar-refractivity contribution in [2.75, 3.05) is 11.4 Å². The number of hydrogen-bond acceptors (Lipinski definition) is 4. The second kappa shape index (κ2) is 5.95. The summed E-state index contributed by atoms with van der Waals surface area (Å²) in [7, 11) is 0. The Kier molecular flexibility index (Phi) is 3.85. The van der Waals surface area contributed by atoms with Crippen molar-refractivity contribution in [2.24, 2.45) is 0 Å². The van der Waals surface area contributed by atoms with Crippen molar-refractivity contribution >= 4 is 11.6 Å². The van der Waals surface area contributed by atoms with Crippen molar-refractivity contribution in [1.29, 1.82) is 0 Å². The maximum absolute atomic E-state index is 12.5. The van der Waals surface area contributed by atoms with Gasteiger partial charge >= 0.3 is 0 Å². The maximum atomic E-state index is 12.5. The Hall–Kier alpha value is -2.37. The summed E-state index contributed by atoms with van der Waals surface area (Å²) in [6, 6.07) is 9.80. The third-order valence-corrected chi connectivity index (χ3v) is 3.85. The smallest absolute Gasteiger partial charge is 0.243 e. The molecule has 0 radical (unpaired) electrons. The number of amides is 1. The third kappa shape index (κ3) is 2.89. The zero-order valence-corrected chi connectivity index (χ0v) is 12.0. The standard InChI is InChI=1S/C15H19N5O/c1-11(14-16-10-17-19-14)18-15(21)13-8-5-9-20(13)12-6-3-2-4-7-12/h2-4,6-7,10-11,13H,5,8-9H2,1H3,(H,18,21)(H,16,17,19). The molecule has 0 aliphatic carbocycles. The van der Waals surface area contributed by atoms with Crippen molar-refractivity contribution in [1.82, 2.24) is 20.5 Å². The fourth-order valence-corrected chi connectivity index (χ4v) is 2.77. The SMILES string of the molecule is CC(NC(=O)C1CCCN1c1ccccc1)c1ncn[nH]1. The van der Waals surface area contributed by atoms with Crippen LogP contribution in [0.4, 0.5) is 5.69 Å². The molecule has 21 heavy (non-hydrogen) atoms. The van der Waals surface area contributed by atoms with E-state index in [1.54, 1.807) is 0 Å². The minimum Gasteiger partial charge on any atom is -0.360 e. The molecule has 1 amide bonds. The van der Waals surface area contributed by atoms with Crippen molar-refractivity contribution < 1.29 is 4.79 Å². The highest BCUT2D eigenvalue weighted by molar-refractivity contribution is 5.86. The van der Waals surface area contributed by atoms with Crippen LogP contribution < -0.4 is 10.2 Å². The Morgan fingerprint density at radius 1 is 1.43 bits per heavy atom. The lowest BCUT2D eigenvalue weighted by atomic mass is 10.1. The number of nitrogens with one attached hydrogen (secondary N) is 2. The summed E-state index contributed by atoms with van der Waals surface area (Å²) < 4.78 is 0. The topological polar surface area (TPSA) is 73.9 Å². The lowest BCUT2D eigenvalue weighted by Crippen LogP contribution is -2.44. The molecule has 0 spiro atoms. The monoisotopic (exact) mass is 285 g/mol. The lowest BCUT2D eigenvalue weighted by molar-refractivity contribution is -0.122. The van der Waals surface area contributed by atoms with E-state index in [2.05, 4.69) is 25.4 Å². The Bertz CT molecular complexity index is 583. The highest BCUT2D eigenvalue weighted by Crippen LogP contribution is 2.25. The van der Waals surface area contributed by atoms with Crippen molar-refractivity contribution in [3.63, 3.8) is 0 Å². The molecule has 110 valence electrons. The van der Waals surface area contributed by atoms with Gasteiger partial charge in [-0.2, -0.15) is 5.10 Å². The van der Waals surface area contributed by atoms with E-state index >= 15 is 0 Å². The van der Waals surface area contributed by atoms with Crippen LogP contribution in [-0.2, 0) is 4.79 Å². The second-order valence-corrected chi connectivity index (χ2v) is 5.29. The average Bonchev–Trinajstić information content (AvgIpc) is 3.19. The minimum absolute atomic E-state index is 0.0419. The maximum Gasteiger partial charge on any atom is 0.243 e. The summed E-state index contributed by atoms with van der Waals surface area (Å²) in [6.07, 6.45) is 3.36. The predicted octanol–water partition coefficient (Wildman–Crippen LogP) is 1.65. The van der Waals surface area contributed by atoms with Gasteiger partial charge in [-0.1, -0.05) is 18.2 Å². The molecule has 0 saturated carbocycles. The number of anilines is 1. The summed E-state index contributed by atoms with van der Waals surface area (Å²) in [4.78, 5) is 18.8. The van der Waals surface area contributed by atoms with Gasteiger partial charge in [-0.3, -0.25) is 9.89 Å². The van der Waals surface area contributed by atoms with Crippen LogP contribution in [0.1, 0.15) is 31.6 Å². The van der Waals surface area contributed by atoms with E-state index in [9.17, 15) is 4.79 Å². The van der Waals surface area contributed by atoms with E-state index in [1.807, 2.05) is 37.3 Å². The first-order chi connectivity index (χ1) is 10.3. The van der Waals surface area contributed by atoms with Gasteiger partial charge < -0.3 is 10.2 Å². The largest absolute Gasteiger partial charge is 0.360 e. The first-order valence-corrected chi connectivity index (χ1v) is 7.23. The van der Waals surface area contributed by atoms with Gasteiger partial charge in [0.05, 0.1) is 6.04 Å². The number of hydrogen-bond donors (Lipinski definition) is 2. The molecule has 1 aliphatic rings. The first-order valence-electron chi connectivity index (χ1n) is 7.23. The fraction of sp³-hybridized carbons (Fsp3) is 0.400. The number of rotatable bonds is 4. The number of carbonyl (C=O) groups is 1. The number of benzene rings is 1. The molecule has 2 N–H and O–H groups in total. The summed E-state index contributed by atoms with van der Waals surface area (Å²) in [5.41, 5.74) is 1.10. The molecule has 1 fully saturated rings. The number of para-hydroxylation sites is 1. The Balaban J connectivity index is 1.69. The number of aromatic nitrogens is 3. The third-order valence-electron chi connectivity index (χ3n) is 3.85. The summed E-state index contributed by atoms with van der Waals surface area (Å²) in [5.74, 6) is 0.716. The molecular weight excluding hydrogens is 266 g/mol. The highest BCUT2D eigenvalue weighted by atomic mass is 16.2. The molecule has 1 aromatic carbocycles. The fourth-order valence-electron chi connectivity index (χ4n) is 2.77. The quantitative estimate of drug-likeness (QED) is 0.896. The van der Waals surface area contributed by atoms with Crippen LogP contribution in [0.5, 0.6) is 0 Å². The number of nitrogens with zero attached hydrogens (tertiary/aromatic N) is 3. The molecule has 2 unspecified atom stereocenters. The molecule has 0 bridgehead atoms. The zero-order valence-electron chi connectivity index (χ0n) is 12.0. The summed E-state index contributed by atoms with van der Waals surface area (Å²) >= 11 is 0. The second-order valence-electron chi connectivity index (χ2n) is 5.29. The molecule has 2 aromatic rings. The molecule has 1 aliphatic heterocycles. The van der Waals surface area contributed by atoms with Gasteiger partial charge in [0.25, 0.3) is 0 Å². The number of H-pyrrole nitrogens is 1. The molecule has 6 nitrogen and oxygen atoms in total.